The monoisotopic (exact) mass is 570 g/mol. The van der Waals surface area contributed by atoms with E-state index < -0.39 is 42.7 Å². The van der Waals surface area contributed by atoms with Crippen LogP contribution in [0.5, 0.6) is 5.75 Å². The third-order valence-electron chi connectivity index (χ3n) is 7.65. The number of nitrogens with two attached hydrogens (primary N) is 1. The molecule has 2 saturated carbocycles. The number of benzene rings is 1. The first-order chi connectivity index (χ1) is 19.1. The number of para-hydroxylation sites is 1. The minimum atomic E-state index is -4.31. The van der Waals surface area contributed by atoms with E-state index in [0.29, 0.717) is 11.2 Å². The topological polar surface area (TPSA) is 204 Å². The van der Waals surface area contributed by atoms with Gasteiger partial charge in [-0.15, -0.1) is 0 Å². The van der Waals surface area contributed by atoms with Crippen LogP contribution in [0.4, 0.5) is 5.82 Å². The number of carbonyl (C=O) groups excluding carboxylic acids is 1. The Morgan fingerprint density at radius 1 is 1.32 bits per heavy atom. The molecule has 15 heteroatoms. The molecular formula is C25H27N6O8P. The number of carbonyl (C=O) groups is 1. The van der Waals surface area contributed by atoms with Crippen molar-refractivity contribution in [2.75, 3.05) is 18.9 Å². The molecule has 5 N–H and O–H groups in total. The van der Waals surface area contributed by atoms with Gasteiger partial charge in [0.25, 0.3) is 0 Å². The quantitative estimate of drug-likeness (QED) is 0.154. The molecule has 6 atom stereocenters. The average Bonchev–Trinajstić information content (AvgIpc) is 3.68. The first kappa shape index (κ1) is 26.6. The Morgan fingerprint density at radius 2 is 2.08 bits per heavy atom. The molecule has 0 amide bonds. The van der Waals surface area contributed by atoms with Crippen LogP contribution in [0.2, 0.25) is 0 Å². The molecule has 2 unspecified atom stereocenters. The van der Waals surface area contributed by atoms with Gasteiger partial charge in [-0.3, -0.25) is 9.32 Å². The fourth-order valence-electron chi connectivity index (χ4n) is 4.93. The normalized spacial score (nSPS) is 31.1. The second kappa shape index (κ2) is 9.24. The van der Waals surface area contributed by atoms with Gasteiger partial charge in [-0.05, 0) is 44.0 Å². The van der Waals surface area contributed by atoms with E-state index in [4.69, 9.17) is 24.3 Å². The van der Waals surface area contributed by atoms with E-state index in [2.05, 4.69) is 15.2 Å². The molecule has 3 aliphatic rings. The molecule has 14 nitrogen and oxygen atoms in total. The maximum absolute atomic E-state index is 13.9. The summed E-state index contributed by atoms with van der Waals surface area (Å²) in [6.07, 6.45) is -1.69. The fraction of sp³-hybridized carbons (Fsp3) is 0.440. The van der Waals surface area contributed by atoms with Gasteiger partial charge in [-0.1, -0.05) is 18.2 Å². The van der Waals surface area contributed by atoms with Crippen molar-refractivity contribution in [3.63, 3.8) is 0 Å². The van der Waals surface area contributed by atoms with E-state index in [0.717, 1.165) is 12.8 Å². The summed E-state index contributed by atoms with van der Waals surface area (Å²) in [6.45, 7) is 1.58. The molecule has 3 heterocycles. The molecule has 210 valence electrons. The lowest BCUT2D eigenvalue weighted by atomic mass is 10.0. The van der Waals surface area contributed by atoms with Crippen molar-refractivity contribution in [3.8, 4) is 11.8 Å². The molecule has 0 bridgehead atoms. The Morgan fingerprint density at radius 3 is 2.75 bits per heavy atom. The minimum Gasteiger partial charge on any atom is -0.464 e. The van der Waals surface area contributed by atoms with Crippen LogP contribution in [-0.4, -0.2) is 67.3 Å². The summed E-state index contributed by atoms with van der Waals surface area (Å²) in [7, 11) is -4.31. The van der Waals surface area contributed by atoms with Gasteiger partial charge in [0.15, 0.2) is 17.5 Å². The zero-order valence-electron chi connectivity index (χ0n) is 21.3. The molecule has 3 fully saturated rings. The van der Waals surface area contributed by atoms with Gasteiger partial charge in [0.2, 0.25) is 5.60 Å². The highest BCUT2D eigenvalue weighted by molar-refractivity contribution is 7.52. The number of nitrogens with zero attached hydrogens (tertiary/aromatic N) is 4. The zero-order chi connectivity index (χ0) is 28.3. The number of esters is 1. The lowest BCUT2D eigenvalue weighted by Gasteiger charge is -2.25. The standard InChI is InChI=1S/C25H27N6O8P/c1-23(9-10-23)22(33)36-12-11-30-40(35,38-15-5-3-2-4-6-15)39-21-24(13-26)25(21,34)19(32)18(37-24)16-7-8-17-20(27)28-14-29-31(16)17/h2-8,14,18-19,21,32,34H,9-12H2,1H3,(H,30,35)(H2,27,28,29)/t18-,19-,21?,24+,25+,40?/m0/s1. The van der Waals surface area contributed by atoms with E-state index in [1.807, 2.05) is 6.07 Å². The lowest BCUT2D eigenvalue weighted by molar-refractivity contribution is -0.149. The number of rotatable bonds is 10. The van der Waals surface area contributed by atoms with Crippen molar-refractivity contribution in [2.24, 2.45) is 5.41 Å². The molecule has 0 radical (unpaired) electrons. The Balaban J connectivity index is 1.21. The van der Waals surface area contributed by atoms with Crippen LogP contribution in [0.25, 0.3) is 5.52 Å². The molecule has 6 rings (SSSR count). The molecule has 1 aliphatic heterocycles. The number of fused-ring (bicyclic) bond motifs is 2. The number of aromatic nitrogens is 3. The summed E-state index contributed by atoms with van der Waals surface area (Å²) in [5.41, 5.74) is 1.85. The number of aliphatic hydroxyl groups excluding tert-OH is 1. The largest absolute Gasteiger partial charge is 0.464 e. The summed E-state index contributed by atoms with van der Waals surface area (Å²) < 4.78 is 37.8. The van der Waals surface area contributed by atoms with Gasteiger partial charge >= 0.3 is 13.7 Å². The van der Waals surface area contributed by atoms with Crippen LogP contribution in [0.15, 0.2) is 48.8 Å². The van der Waals surface area contributed by atoms with Crippen molar-refractivity contribution in [2.45, 2.75) is 49.3 Å². The zero-order valence-corrected chi connectivity index (χ0v) is 22.2. The molecule has 40 heavy (non-hydrogen) atoms. The molecule has 2 aromatic heterocycles. The number of anilines is 1. The number of hydrogen-bond donors (Lipinski definition) is 4. The summed E-state index contributed by atoms with van der Waals surface area (Å²) in [5.74, 6) is 0.0210. The number of nitriles is 1. The smallest absolute Gasteiger partial charge is 0.459 e. The number of nitrogens with one attached hydrogen (secondary N) is 1. The predicted octanol–water partition coefficient (Wildman–Crippen LogP) is 1.26. The summed E-state index contributed by atoms with van der Waals surface area (Å²) in [5, 5.41) is 39.4. The second-order valence-electron chi connectivity index (χ2n) is 10.3. The maximum atomic E-state index is 13.9. The number of nitrogen functional groups attached to an aromatic ring is 1. The molecule has 2 aliphatic carbocycles. The van der Waals surface area contributed by atoms with Crippen LogP contribution in [0, 0.1) is 16.7 Å². The van der Waals surface area contributed by atoms with Crippen LogP contribution >= 0.6 is 7.75 Å². The maximum Gasteiger partial charge on any atom is 0.459 e. The van der Waals surface area contributed by atoms with E-state index in [1.165, 1.54) is 10.8 Å². The Labute approximate surface area is 228 Å². The van der Waals surface area contributed by atoms with Gasteiger partial charge in [-0.2, -0.15) is 10.4 Å². The van der Waals surface area contributed by atoms with E-state index in [-0.39, 0.29) is 30.7 Å². The van der Waals surface area contributed by atoms with Crippen LogP contribution in [-0.2, 0) is 23.4 Å². The molecule has 0 spiro atoms. The highest BCUT2D eigenvalue weighted by Crippen LogP contribution is 2.68. The van der Waals surface area contributed by atoms with Gasteiger partial charge in [-0.25, -0.2) is 19.2 Å². The average molecular weight is 570 g/mol. The highest BCUT2D eigenvalue weighted by Gasteiger charge is 2.90. The van der Waals surface area contributed by atoms with Crippen molar-refractivity contribution < 1.29 is 38.1 Å². The van der Waals surface area contributed by atoms with Crippen molar-refractivity contribution >= 4 is 25.1 Å². The Hall–Kier alpha value is -3.57. The SMILES string of the molecule is CC1(C(=O)OCCNP(=O)(Oc2ccccc2)OC2[C@@]3(C#N)O[C@@H](c4ccc5c(N)ncnn45)[C@H](O)[C@@]23O)CC1. The molecular weight excluding hydrogens is 543 g/mol. The Bertz CT molecular complexity index is 1560. The fourth-order valence-corrected chi connectivity index (χ4v) is 6.46. The summed E-state index contributed by atoms with van der Waals surface area (Å²) in [6, 6.07) is 13.2. The van der Waals surface area contributed by atoms with Gasteiger partial charge in [0.1, 0.15) is 42.5 Å². The summed E-state index contributed by atoms with van der Waals surface area (Å²) in [4.78, 5) is 16.1. The first-order valence-electron chi connectivity index (χ1n) is 12.6. The van der Waals surface area contributed by atoms with Crippen molar-refractivity contribution in [1.82, 2.24) is 19.7 Å². The lowest BCUT2D eigenvalue weighted by Crippen LogP contribution is -2.36. The number of ether oxygens (including phenoxy) is 2. The first-order valence-corrected chi connectivity index (χ1v) is 14.1. The van der Waals surface area contributed by atoms with E-state index >= 15 is 0 Å². The van der Waals surface area contributed by atoms with Crippen LogP contribution in [0.1, 0.15) is 31.6 Å². The predicted molar refractivity (Wildman–Crippen MR) is 136 cm³/mol. The van der Waals surface area contributed by atoms with Crippen LogP contribution in [0.3, 0.4) is 0 Å². The van der Waals surface area contributed by atoms with Gasteiger partial charge in [0, 0.05) is 6.54 Å². The molecule has 3 aromatic rings. The van der Waals surface area contributed by atoms with Gasteiger partial charge < -0.3 is 29.9 Å². The van der Waals surface area contributed by atoms with E-state index in [9.17, 15) is 24.8 Å². The Kier molecular flexibility index (Phi) is 6.15. The van der Waals surface area contributed by atoms with Crippen molar-refractivity contribution in [1.29, 1.82) is 5.26 Å². The number of aliphatic hydroxyl groups is 2. The molecule has 1 aromatic carbocycles. The van der Waals surface area contributed by atoms with Crippen molar-refractivity contribution in [3.05, 3.63) is 54.5 Å². The minimum absolute atomic E-state index is 0.111. The van der Waals surface area contributed by atoms with Gasteiger partial charge in [0.05, 0.1) is 11.1 Å². The third-order valence-corrected chi connectivity index (χ3v) is 9.20. The highest BCUT2D eigenvalue weighted by atomic mass is 31.2. The second-order valence-corrected chi connectivity index (χ2v) is 12.1. The molecule has 1 saturated heterocycles. The number of hydrogen-bond acceptors (Lipinski definition) is 12. The van der Waals surface area contributed by atoms with E-state index in [1.54, 1.807) is 49.4 Å². The third kappa shape index (κ3) is 4.05. The van der Waals surface area contributed by atoms with Crippen LogP contribution < -0.4 is 15.3 Å². The summed E-state index contributed by atoms with van der Waals surface area (Å²) >= 11 is 0.